The van der Waals surface area contributed by atoms with Gasteiger partial charge >= 0.3 is 0 Å². The molecule has 1 aromatic carbocycles. The normalized spacial score (nSPS) is 25.1. The molecule has 0 bridgehead atoms. The largest absolute Gasteiger partial charge is 0.497 e. The highest BCUT2D eigenvalue weighted by molar-refractivity contribution is 14.0. The van der Waals surface area contributed by atoms with Crippen LogP contribution in [-0.2, 0) is 11.3 Å². The summed E-state index contributed by atoms with van der Waals surface area (Å²) in [5, 5.41) is 3.54. The van der Waals surface area contributed by atoms with E-state index in [2.05, 4.69) is 46.3 Å². The molecule has 0 aliphatic carbocycles. The molecule has 3 aliphatic heterocycles. The van der Waals surface area contributed by atoms with Crippen molar-refractivity contribution >= 4 is 29.9 Å². The van der Waals surface area contributed by atoms with Crippen LogP contribution in [0, 0.1) is 11.3 Å². The maximum atomic E-state index is 5.69. The number of hydrogen-bond acceptors (Lipinski definition) is 4. The fraction of sp³-hybridized carbons (Fsp3) is 0.708. The van der Waals surface area contributed by atoms with Crippen molar-refractivity contribution in [1.82, 2.24) is 15.1 Å². The number of hydrogen-bond donors (Lipinski definition) is 1. The molecule has 3 saturated heterocycles. The molecule has 174 valence electrons. The van der Waals surface area contributed by atoms with Gasteiger partial charge in [0.25, 0.3) is 0 Å². The lowest BCUT2D eigenvalue weighted by atomic mass is 9.87. The predicted octanol–water partition coefficient (Wildman–Crippen LogP) is 3.60. The molecule has 3 heterocycles. The van der Waals surface area contributed by atoms with E-state index in [1.165, 1.54) is 31.2 Å². The van der Waals surface area contributed by atoms with Crippen LogP contribution in [0.1, 0.15) is 38.2 Å². The second-order valence-electron chi connectivity index (χ2n) is 9.24. The lowest BCUT2D eigenvalue weighted by Gasteiger charge is -2.32. The zero-order chi connectivity index (χ0) is 20.8. The molecular formula is C24H39IN4O2. The number of benzene rings is 1. The molecule has 1 unspecified atom stereocenters. The van der Waals surface area contributed by atoms with E-state index in [-0.39, 0.29) is 24.0 Å². The van der Waals surface area contributed by atoms with E-state index in [1.54, 1.807) is 7.11 Å². The minimum Gasteiger partial charge on any atom is -0.497 e. The van der Waals surface area contributed by atoms with Crippen molar-refractivity contribution in [2.45, 2.75) is 39.2 Å². The van der Waals surface area contributed by atoms with Crippen molar-refractivity contribution in [1.29, 1.82) is 0 Å². The summed E-state index contributed by atoms with van der Waals surface area (Å²) in [6, 6.07) is 8.46. The smallest absolute Gasteiger partial charge is 0.193 e. The molecule has 31 heavy (non-hydrogen) atoms. The van der Waals surface area contributed by atoms with Crippen molar-refractivity contribution in [2.75, 3.05) is 59.6 Å². The van der Waals surface area contributed by atoms with E-state index in [1.807, 2.05) is 0 Å². The third-order valence-corrected chi connectivity index (χ3v) is 7.03. The average Bonchev–Trinajstić information content (AvgIpc) is 3.42. The zero-order valence-corrected chi connectivity index (χ0v) is 21.5. The fourth-order valence-corrected chi connectivity index (χ4v) is 5.04. The summed E-state index contributed by atoms with van der Waals surface area (Å²) in [6.07, 6.45) is 4.91. The Labute approximate surface area is 204 Å². The fourth-order valence-electron chi connectivity index (χ4n) is 5.04. The molecule has 1 atom stereocenters. The first-order chi connectivity index (χ1) is 14.7. The van der Waals surface area contributed by atoms with Crippen LogP contribution in [0.4, 0.5) is 0 Å². The molecule has 3 aliphatic rings. The summed E-state index contributed by atoms with van der Waals surface area (Å²) in [5.41, 5.74) is 1.74. The number of rotatable bonds is 6. The zero-order valence-electron chi connectivity index (χ0n) is 19.1. The van der Waals surface area contributed by atoms with Gasteiger partial charge in [0.05, 0.1) is 13.7 Å². The van der Waals surface area contributed by atoms with Gasteiger partial charge in [0.1, 0.15) is 5.75 Å². The number of aliphatic imine (C=N–C) groups is 1. The van der Waals surface area contributed by atoms with Crippen LogP contribution in [-0.4, -0.2) is 75.4 Å². The maximum absolute atomic E-state index is 5.69. The Morgan fingerprint density at radius 1 is 1.19 bits per heavy atom. The lowest BCUT2D eigenvalue weighted by molar-refractivity contribution is 0.156. The van der Waals surface area contributed by atoms with Gasteiger partial charge in [-0.3, -0.25) is 9.89 Å². The molecule has 1 aromatic rings. The number of halogens is 1. The maximum Gasteiger partial charge on any atom is 0.193 e. The molecule has 1 spiro atoms. The molecular weight excluding hydrogens is 503 g/mol. The second-order valence-corrected chi connectivity index (χ2v) is 9.24. The molecule has 3 fully saturated rings. The standard InChI is InChI=1S/C24H38N4O2.HI/c1-3-25-23(28-14-10-24(18-28)11-15-30-19-24)26-16-20-8-12-27(13-9-20)17-21-4-6-22(29-2)7-5-21;/h4-7,20H,3,8-19H2,1-2H3,(H,25,26);1H. The van der Waals surface area contributed by atoms with Crippen LogP contribution < -0.4 is 10.1 Å². The van der Waals surface area contributed by atoms with Gasteiger partial charge in [-0.2, -0.15) is 0 Å². The quantitative estimate of drug-likeness (QED) is 0.338. The van der Waals surface area contributed by atoms with Crippen LogP contribution in [0.5, 0.6) is 5.75 Å². The monoisotopic (exact) mass is 542 g/mol. The van der Waals surface area contributed by atoms with E-state index in [9.17, 15) is 0 Å². The Hall–Kier alpha value is -1.06. The number of nitrogens with zero attached hydrogens (tertiary/aromatic N) is 3. The van der Waals surface area contributed by atoms with Crippen LogP contribution in [0.15, 0.2) is 29.3 Å². The molecule has 0 aromatic heterocycles. The molecule has 1 N–H and O–H groups in total. The highest BCUT2D eigenvalue weighted by Crippen LogP contribution is 2.38. The molecule has 0 saturated carbocycles. The number of methoxy groups -OCH3 is 1. The van der Waals surface area contributed by atoms with E-state index in [0.717, 1.165) is 70.7 Å². The summed E-state index contributed by atoms with van der Waals surface area (Å²) in [7, 11) is 1.72. The molecule has 7 heteroatoms. The Balaban J connectivity index is 0.00000272. The van der Waals surface area contributed by atoms with Gasteiger partial charge < -0.3 is 19.7 Å². The van der Waals surface area contributed by atoms with Crippen molar-refractivity contribution in [3.05, 3.63) is 29.8 Å². The lowest BCUT2D eigenvalue weighted by Crippen LogP contribution is -2.42. The van der Waals surface area contributed by atoms with Crippen molar-refractivity contribution in [2.24, 2.45) is 16.3 Å². The summed E-state index contributed by atoms with van der Waals surface area (Å²) < 4.78 is 11.0. The van der Waals surface area contributed by atoms with Gasteiger partial charge in [-0.05, 0) is 69.3 Å². The van der Waals surface area contributed by atoms with Crippen molar-refractivity contribution < 1.29 is 9.47 Å². The van der Waals surface area contributed by atoms with Gasteiger partial charge in [0, 0.05) is 44.7 Å². The molecule has 0 radical (unpaired) electrons. The first-order valence-corrected chi connectivity index (χ1v) is 11.7. The van der Waals surface area contributed by atoms with Gasteiger partial charge in [-0.1, -0.05) is 12.1 Å². The average molecular weight is 543 g/mol. The van der Waals surface area contributed by atoms with Crippen LogP contribution in [0.25, 0.3) is 0 Å². The van der Waals surface area contributed by atoms with Crippen LogP contribution in [0.3, 0.4) is 0 Å². The highest BCUT2D eigenvalue weighted by Gasteiger charge is 2.42. The SMILES string of the molecule is CCNC(=NCC1CCN(Cc2ccc(OC)cc2)CC1)N1CCC2(CCOC2)C1.I. The summed E-state index contributed by atoms with van der Waals surface area (Å²) in [6.45, 7) is 11.4. The van der Waals surface area contributed by atoms with E-state index in [0.29, 0.717) is 11.3 Å². The van der Waals surface area contributed by atoms with E-state index in [4.69, 9.17) is 14.5 Å². The second kappa shape index (κ2) is 11.7. The van der Waals surface area contributed by atoms with Crippen molar-refractivity contribution in [3.8, 4) is 5.75 Å². The Kier molecular flexibility index (Phi) is 9.28. The van der Waals surface area contributed by atoms with E-state index < -0.39 is 0 Å². The van der Waals surface area contributed by atoms with E-state index >= 15 is 0 Å². The first kappa shape index (κ1) is 24.6. The minimum absolute atomic E-state index is 0. The van der Waals surface area contributed by atoms with Crippen LogP contribution >= 0.6 is 24.0 Å². The molecule has 4 rings (SSSR count). The third kappa shape index (κ3) is 6.48. The van der Waals surface area contributed by atoms with Crippen LogP contribution in [0.2, 0.25) is 0 Å². The minimum atomic E-state index is 0. The van der Waals surface area contributed by atoms with Gasteiger partial charge in [0.15, 0.2) is 5.96 Å². The summed E-state index contributed by atoms with van der Waals surface area (Å²) >= 11 is 0. The highest BCUT2D eigenvalue weighted by atomic mass is 127. The third-order valence-electron chi connectivity index (χ3n) is 7.03. The number of likely N-dealkylation sites (tertiary alicyclic amines) is 2. The number of nitrogens with one attached hydrogen (secondary N) is 1. The number of guanidine groups is 1. The predicted molar refractivity (Wildman–Crippen MR) is 136 cm³/mol. The first-order valence-electron chi connectivity index (χ1n) is 11.7. The summed E-state index contributed by atoms with van der Waals surface area (Å²) in [5.74, 6) is 2.73. The summed E-state index contributed by atoms with van der Waals surface area (Å²) in [4.78, 5) is 10.1. The van der Waals surface area contributed by atoms with Crippen molar-refractivity contribution in [3.63, 3.8) is 0 Å². The molecule has 0 amide bonds. The Morgan fingerprint density at radius 2 is 1.97 bits per heavy atom. The topological polar surface area (TPSA) is 49.3 Å². The Bertz CT molecular complexity index is 698. The Morgan fingerprint density at radius 3 is 2.61 bits per heavy atom. The van der Waals surface area contributed by atoms with Gasteiger partial charge in [0.2, 0.25) is 0 Å². The van der Waals surface area contributed by atoms with Gasteiger partial charge in [-0.25, -0.2) is 0 Å². The molecule has 6 nitrogen and oxygen atoms in total. The number of ether oxygens (including phenoxy) is 2. The van der Waals surface area contributed by atoms with Gasteiger partial charge in [-0.15, -0.1) is 24.0 Å². The number of piperidine rings is 1.